The van der Waals surface area contributed by atoms with E-state index in [0.717, 1.165) is 11.3 Å². The van der Waals surface area contributed by atoms with Crippen LogP contribution in [0.2, 0.25) is 10.0 Å². The summed E-state index contributed by atoms with van der Waals surface area (Å²) in [4.78, 5) is 44.1. The number of aromatic amines is 1. The number of carbonyl (C=O) groups is 2. The van der Waals surface area contributed by atoms with Gasteiger partial charge in [-0.25, -0.2) is 0 Å². The van der Waals surface area contributed by atoms with Crippen molar-refractivity contribution in [3.8, 4) is 0 Å². The molecule has 10 heteroatoms. The van der Waals surface area contributed by atoms with Crippen molar-refractivity contribution in [2.75, 3.05) is 33.4 Å². The normalized spacial score (nSPS) is 18.7. The molecule has 1 aromatic carbocycles. The number of rotatable bonds is 6. The molecule has 2 N–H and O–H groups in total. The fraction of sp³-hybridized carbons (Fsp3) is 0.480. The zero-order valence-electron chi connectivity index (χ0n) is 20.0. The molecule has 0 aliphatic carbocycles. The van der Waals surface area contributed by atoms with Crippen LogP contribution in [0.1, 0.15) is 50.8 Å². The van der Waals surface area contributed by atoms with E-state index in [1.54, 1.807) is 23.0 Å². The number of aliphatic hydroxyl groups is 1. The summed E-state index contributed by atoms with van der Waals surface area (Å²) in [6.45, 7) is 4.66. The first-order chi connectivity index (χ1) is 16.7. The molecule has 1 fully saturated rings. The first kappa shape index (κ1) is 25.7. The molecule has 2 amide bonds. The van der Waals surface area contributed by atoms with Crippen LogP contribution < -0.4 is 5.56 Å². The SMILES string of the molecule is COC(c1cc(Cl)c2c(c1Cl)C(=O)N(Cc1c(C)cc(C)[nH]c1=O)CC2)C1CCN(C(=O)CO)C1. The first-order valence-corrected chi connectivity index (χ1v) is 12.3. The minimum absolute atomic E-state index is 0.0642. The molecule has 2 aliphatic rings. The van der Waals surface area contributed by atoms with Crippen LogP contribution in [-0.4, -0.2) is 65.1 Å². The summed E-state index contributed by atoms with van der Waals surface area (Å²) in [5.74, 6) is -0.674. The van der Waals surface area contributed by atoms with Crippen LogP contribution >= 0.6 is 23.2 Å². The van der Waals surface area contributed by atoms with Gasteiger partial charge >= 0.3 is 0 Å². The van der Waals surface area contributed by atoms with Gasteiger partial charge in [-0.1, -0.05) is 23.2 Å². The van der Waals surface area contributed by atoms with E-state index >= 15 is 0 Å². The molecule has 1 aromatic heterocycles. The van der Waals surface area contributed by atoms with Crippen molar-refractivity contribution in [1.82, 2.24) is 14.8 Å². The largest absolute Gasteiger partial charge is 0.387 e. The van der Waals surface area contributed by atoms with Gasteiger partial charge in [0.25, 0.3) is 11.5 Å². The van der Waals surface area contributed by atoms with Crippen molar-refractivity contribution >= 4 is 35.0 Å². The molecular formula is C25H29Cl2N3O5. The number of nitrogens with zero attached hydrogens (tertiary/aromatic N) is 2. The van der Waals surface area contributed by atoms with Gasteiger partial charge in [-0.2, -0.15) is 0 Å². The number of aliphatic hydroxyl groups excluding tert-OH is 1. The molecule has 4 rings (SSSR count). The molecule has 2 aromatic rings. The number of fused-ring (bicyclic) bond motifs is 1. The zero-order chi connectivity index (χ0) is 25.4. The van der Waals surface area contributed by atoms with Crippen LogP contribution in [0.25, 0.3) is 0 Å². The van der Waals surface area contributed by atoms with Gasteiger partial charge in [0.05, 0.1) is 23.2 Å². The van der Waals surface area contributed by atoms with Crippen molar-refractivity contribution in [3.05, 3.63) is 66.0 Å². The van der Waals surface area contributed by atoms with Gasteiger partial charge in [0.15, 0.2) is 0 Å². The third-order valence-corrected chi connectivity index (χ3v) is 7.77. The molecule has 2 atom stereocenters. The standard InChI is InChI=1S/C25H29Cl2N3O5/c1-13-8-14(2)28-24(33)18(13)11-30-7-5-16-19(26)9-17(22(27)21(16)25(30)34)23(35-3)15-4-6-29(10-15)20(32)12-31/h8-9,15,23,31H,4-7,10-12H2,1-3H3,(H,28,33). The number of H-pyrrole nitrogens is 1. The van der Waals surface area contributed by atoms with Gasteiger partial charge in [0.1, 0.15) is 6.61 Å². The third-order valence-electron chi connectivity index (χ3n) is 7.02. The second-order valence-corrected chi connectivity index (χ2v) is 10.0. The topological polar surface area (TPSA) is 103 Å². The van der Waals surface area contributed by atoms with Gasteiger partial charge in [0.2, 0.25) is 5.91 Å². The summed E-state index contributed by atoms with van der Waals surface area (Å²) in [5, 5.41) is 9.92. The highest BCUT2D eigenvalue weighted by molar-refractivity contribution is 6.37. The van der Waals surface area contributed by atoms with Crippen molar-refractivity contribution in [2.45, 2.75) is 39.3 Å². The number of pyridine rings is 1. The average molecular weight is 522 g/mol. The molecule has 3 heterocycles. The molecule has 35 heavy (non-hydrogen) atoms. The van der Waals surface area contributed by atoms with E-state index in [1.807, 2.05) is 19.9 Å². The van der Waals surface area contributed by atoms with Crippen LogP contribution in [0.15, 0.2) is 16.9 Å². The van der Waals surface area contributed by atoms with Crippen LogP contribution in [0.4, 0.5) is 0 Å². The lowest BCUT2D eigenvalue weighted by molar-refractivity contribution is -0.133. The lowest BCUT2D eigenvalue weighted by Gasteiger charge is -2.32. The van der Waals surface area contributed by atoms with Crippen molar-refractivity contribution in [1.29, 1.82) is 0 Å². The minimum atomic E-state index is -0.538. The number of likely N-dealkylation sites (tertiary alicyclic amines) is 1. The smallest absolute Gasteiger partial charge is 0.256 e. The number of ether oxygens (including phenoxy) is 1. The van der Waals surface area contributed by atoms with Gasteiger partial charge in [-0.05, 0) is 49.9 Å². The lowest BCUT2D eigenvalue weighted by Crippen LogP contribution is -2.39. The lowest BCUT2D eigenvalue weighted by atomic mass is 9.89. The van der Waals surface area contributed by atoms with Crippen LogP contribution in [0.5, 0.6) is 0 Å². The maximum Gasteiger partial charge on any atom is 0.256 e. The molecule has 0 spiro atoms. The van der Waals surface area contributed by atoms with E-state index in [2.05, 4.69) is 4.98 Å². The van der Waals surface area contributed by atoms with Gasteiger partial charge in [-0.3, -0.25) is 14.4 Å². The second kappa shape index (κ2) is 10.3. The van der Waals surface area contributed by atoms with Crippen molar-refractivity contribution in [2.24, 2.45) is 5.92 Å². The number of methoxy groups -OCH3 is 1. The fourth-order valence-electron chi connectivity index (χ4n) is 5.22. The van der Waals surface area contributed by atoms with Crippen molar-refractivity contribution in [3.63, 3.8) is 0 Å². The third kappa shape index (κ3) is 4.85. The van der Waals surface area contributed by atoms with Crippen LogP contribution in [-0.2, 0) is 22.5 Å². The molecule has 2 unspecified atom stereocenters. The summed E-state index contributed by atoms with van der Waals surface area (Å²) < 4.78 is 5.80. The zero-order valence-corrected chi connectivity index (χ0v) is 21.5. The summed E-state index contributed by atoms with van der Waals surface area (Å²) in [6, 6.07) is 3.64. The molecule has 0 radical (unpaired) electrons. The number of nitrogens with one attached hydrogen (secondary N) is 1. The van der Waals surface area contributed by atoms with Crippen LogP contribution in [0.3, 0.4) is 0 Å². The molecule has 2 aliphatic heterocycles. The van der Waals surface area contributed by atoms with E-state index in [1.165, 1.54) is 0 Å². The highest BCUT2D eigenvalue weighted by atomic mass is 35.5. The Hall–Kier alpha value is -2.39. The predicted molar refractivity (Wildman–Crippen MR) is 133 cm³/mol. The first-order valence-electron chi connectivity index (χ1n) is 11.6. The highest BCUT2D eigenvalue weighted by Gasteiger charge is 2.37. The van der Waals surface area contributed by atoms with E-state index < -0.39 is 12.7 Å². The summed E-state index contributed by atoms with van der Waals surface area (Å²) >= 11 is 13.5. The Balaban J connectivity index is 1.66. The molecule has 0 bridgehead atoms. The highest BCUT2D eigenvalue weighted by Crippen LogP contribution is 2.42. The number of hydrogen-bond acceptors (Lipinski definition) is 5. The number of halogens is 2. The van der Waals surface area contributed by atoms with E-state index in [-0.39, 0.29) is 34.9 Å². The predicted octanol–water partition coefficient (Wildman–Crippen LogP) is 3.03. The van der Waals surface area contributed by atoms with Crippen LogP contribution in [0, 0.1) is 19.8 Å². The Kier molecular flexibility index (Phi) is 7.57. The second-order valence-electron chi connectivity index (χ2n) is 9.24. The van der Waals surface area contributed by atoms with E-state index in [4.69, 9.17) is 27.9 Å². The monoisotopic (exact) mass is 521 g/mol. The Morgan fingerprint density at radius 2 is 2.00 bits per heavy atom. The quantitative estimate of drug-likeness (QED) is 0.608. The molecular weight excluding hydrogens is 493 g/mol. The van der Waals surface area contributed by atoms with Gasteiger partial charge in [0, 0.05) is 54.5 Å². The Labute approximate surface area is 213 Å². The number of amides is 2. The van der Waals surface area contributed by atoms with E-state index in [0.29, 0.717) is 59.8 Å². The Morgan fingerprint density at radius 1 is 1.26 bits per heavy atom. The Morgan fingerprint density at radius 3 is 2.66 bits per heavy atom. The minimum Gasteiger partial charge on any atom is -0.387 e. The number of aromatic nitrogens is 1. The summed E-state index contributed by atoms with van der Waals surface area (Å²) in [5.41, 5.74) is 3.55. The number of aryl methyl sites for hydroxylation is 2. The Bertz CT molecular complexity index is 1230. The summed E-state index contributed by atoms with van der Waals surface area (Å²) in [6.07, 6.45) is 0.708. The molecule has 1 saturated heterocycles. The number of hydrogen-bond donors (Lipinski definition) is 2. The van der Waals surface area contributed by atoms with E-state index in [9.17, 15) is 19.5 Å². The van der Waals surface area contributed by atoms with Gasteiger partial charge < -0.3 is 24.6 Å². The summed E-state index contributed by atoms with van der Waals surface area (Å²) in [7, 11) is 1.56. The molecule has 8 nitrogen and oxygen atoms in total. The number of benzene rings is 1. The van der Waals surface area contributed by atoms with Crippen molar-refractivity contribution < 1.29 is 19.4 Å². The number of carbonyl (C=O) groups excluding carboxylic acids is 2. The maximum absolute atomic E-state index is 13.6. The maximum atomic E-state index is 13.6. The molecule has 188 valence electrons. The fourth-order valence-corrected chi connectivity index (χ4v) is 5.88. The average Bonchev–Trinajstić information content (AvgIpc) is 3.30. The molecule has 0 saturated carbocycles. The van der Waals surface area contributed by atoms with Gasteiger partial charge in [-0.15, -0.1) is 0 Å².